The van der Waals surface area contributed by atoms with Crippen LogP contribution in [0.2, 0.25) is 0 Å². The smallest absolute Gasteiger partial charge is 0.0444 e. The molecule has 0 saturated heterocycles. The highest BCUT2D eigenvalue weighted by Gasteiger charge is 2.20. The van der Waals surface area contributed by atoms with Crippen LogP contribution in [0.25, 0.3) is 10.1 Å². The monoisotopic (exact) mass is 356 g/mol. The molecule has 2 heterocycles. The summed E-state index contributed by atoms with van der Waals surface area (Å²) in [5.74, 6) is 0. The second kappa shape index (κ2) is 6.19. The summed E-state index contributed by atoms with van der Waals surface area (Å²) in [6.45, 7) is 3.20. The first kappa shape index (κ1) is 15.5. The van der Waals surface area contributed by atoms with Crippen molar-refractivity contribution in [2.75, 3.05) is 16.8 Å². The number of nitrogens with one attached hydrogen (secondary N) is 1. The Bertz CT molecular complexity index is 1100. The minimum atomic E-state index is 1.04. The van der Waals surface area contributed by atoms with E-state index in [9.17, 15) is 0 Å². The molecule has 0 fully saturated rings. The lowest BCUT2D eigenvalue weighted by atomic mass is 10.1. The molecule has 128 valence electrons. The molecule has 5 rings (SSSR count). The van der Waals surface area contributed by atoms with E-state index in [2.05, 4.69) is 89.3 Å². The number of para-hydroxylation sites is 1. The summed E-state index contributed by atoms with van der Waals surface area (Å²) in [6.07, 6.45) is 1.11. The van der Waals surface area contributed by atoms with E-state index in [-0.39, 0.29) is 0 Å². The zero-order valence-electron chi connectivity index (χ0n) is 14.7. The van der Waals surface area contributed by atoms with E-state index in [0.717, 1.165) is 18.7 Å². The van der Waals surface area contributed by atoms with Gasteiger partial charge in [0.2, 0.25) is 0 Å². The van der Waals surface area contributed by atoms with Gasteiger partial charge in [-0.05, 0) is 77.7 Å². The van der Waals surface area contributed by atoms with E-state index in [4.69, 9.17) is 0 Å². The van der Waals surface area contributed by atoms with Gasteiger partial charge in [-0.3, -0.25) is 0 Å². The molecule has 0 unspecified atom stereocenters. The number of rotatable bonds is 3. The van der Waals surface area contributed by atoms with E-state index in [1.807, 2.05) is 0 Å². The fraction of sp³-hybridized carbons (Fsp3) is 0.130. The van der Waals surface area contributed by atoms with E-state index in [1.54, 1.807) is 11.3 Å². The molecule has 1 aliphatic rings. The van der Waals surface area contributed by atoms with Crippen molar-refractivity contribution in [1.29, 1.82) is 0 Å². The lowest BCUT2D eigenvalue weighted by Gasteiger charge is -2.21. The minimum Gasteiger partial charge on any atom is -0.355 e. The number of nitrogens with zero attached hydrogens (tertiary/aromatic N) is 1. The number of hydrogen-bond donors (Lipinski definition) is 1. The maximum atomic E-state index is 3.62. The fourth-order valence-electron chi connectivity index (χ4n) is 3.72. The Hall–Kier alpha value is -2.78. The number of hydrogen-bond acceptors (Lipinski definition) is 3. The Morgan fingerprint density at radius 2 is 1.88 bits per heavy atom. The van der Waals surface area contributed by atoms with Crippen molar-refractivity contribution in [2.24, 2.45) is 0 Å². The van der Waals surface area contributed by atoms with Gasteiger partial charge in [0.1, 0.15) is 0 Å². The van der Waals surface area contributed by atoms with Crippen LogP contribution in [-0.4, -0.2) is 6.54 Å². The normalized spacial score (nSPS) is 13.2. The van der Waals surface area contributed by atoms with E-state index in [0.29, 0.717) is 0 Å². The lowest BCUT2D eigenvalue weighted by molar-refractivity contribution is 0.998. The second-order valence-corrected chi connectivity index (χ2v) is 7.78. The van der Waals surface area contributed by atoms with Gasteiger partial charge in [0.15, 0.2) is 0 Å². The summed E-state index contributed by atoms with van der Waals surface area (Å²) in [7, 11) is 0. The van der Waals surface area contributed by atoms with Gasteiger partial charge in [-0.15, -0.1) is 11.3 Å². The Balaban J connectivity index is 1.49. The molecule has 3 heteroatoms. The molecule has 0 saturated carbocycles. The summed E-state index contributed by atoms with van der Waals surface area (Å²) >= 11 is 1.78. The molecular weight excluding hydrogens is 336 g/mol. The molecule has 0 radical (unpaired) electrons. The zero-order chi connectivity index (χ0) is 17.5. The summed E-state index contributed by atoms with van der Waals surface area (Å²) in [5, 5.41) is 7.06. The molecule has 0 aliphatic carbocycles. The first-order chi connectivity index (χ1) is 12.8. The highest BCUT2D eigenvalue weighted by atomic mass is 32.1. The van der Waals surface area contributed by atoms with E-state index >= 15 is 0 Å². The standard InChI is InChI=1S/C23H20N2S/c1-16-6-8-20(25-12-10-17-4-2-3-5-22(17)25)15-21(16)24-19-7-9-23-18(14-19)11-13-26-23/h2-9,11,13-15,24H,10,12H2,1H3. The third-order valence-electron chi connectivity index (χ3n) is 5.15. The molecule has 0 bridgehead atoms. The van der Waals surface area contributed by atoms with Gasteiger partial charge in [-0.1, -0.05) is 24.3 Å². The fourth-order valence-corrected chi connectivity index (χ4v) is 4.49. The third kappa shape index (κ3) is 2.65. The highest BCUT2D eigenvalue weighted by molar-refractivity contribution is 7.17. The number of thiophene rings is 1. The van der Waals surface area contributed by atoms with Crippen LogP contribution in [-0.2, 0) is 6.42 Å². The van der Waals surface area contributed by atoms with Crippen LogP contribution in [0.3, 0.4) is 0 Å². The van der Waals surface area contributed by atoms with Crippen molar-refractivity contribution in [1.82, 2.24) is 0 Å². The maximum Gasteiger partial charge on any atom is 0.0444 e. The molecule has 1 aromatic heterocycles. The lowest BCUT2D eigenvalue weighted by Crippen LogP contribution is -2.13. The topological polar surface area (TPSA) is 15.3 Å². The summed E-state index contributed by atoms with van der Waals surface area (Å²) < 4.78 is 1.33. The van der Waals surface area contributed by atoms with Crippen molar-refractivity contribution in [3.8, 4) is 0 Å². The van der Waals surface area contributed by atoms with Gasteiger partial charge in [-0.25, -0.2) is 0 Å². The van der Waals surface area contributed by atoms with E-state index < -0.39 is 0 Å². The van der Waals surface area contributed by atoms with Crippen LogP contribution in [0.15, 0.2) is 72.1 Å². The van der Waals surface area contributed by atoms with Crippen LogP contribution in [0, 0.1) is 6.92 Å². The summed E-state index contributed by atoms with van der Waals surface area (Å²) in [6, 6.07) is 24.2. The molecule has 0 spiro atoms. The first-order valence-electron chi connectivity index (χ1n) is 8.98. The van der Waals surface area contributed by atoms with Gasteiger partial charge >= 0.3 is 0 Å². The maximum absolute atomic E-state index is 3.62. The summed E-state index contributed by atoms with van der Waals surface area (Å²) in [5.41, 5.74) is 7.58. The molecule has 3 aromatic carbocycles. The summed E-state index contributed by atoms with van der Waals surface area (Å²) in [4.78, 5) is 2.42. The van der Waals surface area contributed by atoms with E-state index in [1.165, 1.54) is 38.3 Å². The molecular formula is C23H20N2S. The molecule has 2 nitrogen and oxygen atoms in total. The van der Waals surface area contributed by atoms with Gasteiger partial charge in [0, 0.05) is 34.0 Å². The van der Waals surface area contributed by atoms with Crippen LogP contribution in [0.1, 0.15) is 11.1 Å². The third-order valence-corrected chi connectivity index (χ3v) is 6.05. The Kier molecular flexibility index (Phi) is 3.68. The van der Waals surface area contributed by atoms with Gasteiger partial charge in [0.25, 0.3) is 0 Å². The Labute approximate surface area is 157 Å². The number of fused-ring (bicyclic) bond motifs is 2. The molecule has 4 aromatic rings. The van der Waals surface area contributed by atoms with Gasteiger partial charge in [0.05, 0.1) is 0 Å². The van der Waals surface area contributed by atoms with Crippen molar-refractivity contribution in [3.05, 3.63) is 83.2 Å². The average Bonchev–Trinajstić information content (AvgIpc) is 3.30. The average molecular weight is 356 g/mol. The van der Waals surface area contributed by atoms with Crippen molar-refractivity contribution < 1.29 is 0 Å². The van der Waals surface area contributed by atoms with Crippen molar-refractivity contribution in [2.45, 2.75) is 13.3 Å². The number of aryl methyl sites for hydroxylation is 1. The number of benzene rings is 3. The van der Waals surface area contributed by atoms with Crippen LogP contribution < -0.4 is 10.2 Å². The Morgan fingerprint density at radius 3 is 2.85 bits per heavy atom. The van der Waals surface area contributed by atoms with Crippen LogP contribution >= 0.6 is 11.3 Å². The molecule has 0 amide bonds. The largest absolute Gasteiger partial charge is 0.355 e. The SMILES string of the molecule is Cc1ccc(N2CCc3ccccc32)cc1Nc1ccc2sccc2c1. The Morgan fingerprint density at radius 1 is 0.962 bits per heavy atom. The zero-order valence-corrected chi connectivity index (χ0v) is 15.5. The number of anilines is 4. The highest BCUT2D eigenvalue weighted by Crippen LogP contribution is 2.36. The second-order valence-electron chi connectivity index (χ2n) is 6.83. The predicted molar refractivity (Wildman–Crippen MR) is 113 cm³/mol. The quantitative estimate of drug-likeness (QED) is 0.442. The molecule has 1 N–H and O–H groups in total. The molecule has 26 heavy (non-hydrogen) atoms. The predicted octanol–water partition coefficient (Wildman–Crippen LogP) is 6.65. The molecule has 1 aliphatic heterocycles. The van der Waals surface area contributed by atoms with Crippen LogP contribution in [0.5, 0.6) is 0 Å². The molecule has 0 atom stereocenters. The van der Waals surface area contributed by atoms with Gasteiger partial charge < -0.3 is 10.2 Å². The van der Waals surface area contributed by atoms with Crippen LogP contribution in [0.4, 0.5) is 22.7 Å². The first-order valence-corrected chi connectivity index (χ1v) is 9.86. The minimum absolute atomic E-state index is 1.04. The van der Waals surface area contributed by atoms with Crippen molar-refractivity contribution >= 4 is 44.2 Å². The van der Waals surface area contributed by atoms with Crippen molar-refractivity contribution in [3.63, 3.8) is 0 Å². The van der Waals surface area contributed by atoms with Gasteiger partial charge in [-0.2, -0.15) is 0 Å².